The first-order chi connectivity index (χ1) is 13.8. The van der Waals surface area contributed by atoms with Gasteiger partial charge in [0, 0.05) is 5.69 Å². The van der Waals surface area contributed by atoms with Gasteiger partial charge in [-0.15, -0.1) is 0 Å². The quantitative estimate of drug-likeness (QED) is 0.629. The summed E-state index contributed by atoms with van der Waals surface area (Å²) in [6.07, 6.45) is 0. The molecule has 0 bridgehead atoms. The van der Waals surface area contributed by atoms with E-state index in [0.717, 1.165) is 17.2 Å². The summed E-state index contributed by atoms with van der Waals surface area (Å²) in [6.45, 7) is 3.77. The summed E-state index contributed by atoms with van der Waals surface area (Å²) in [5.74, 6) is -6.01. The van der Waals surface area contributed by atoms with Gasteiger partial charge in [-0.3, -0.25) is 9.59 Å². The molecule has 0 aliphatic rings. The number of aromatic nitrogens is 1. The Kier molecular flexibility index (Phi) is 5.63. The van der Waals surface area contributed by atoms with Crippen molar-refractivity contribution in [3.05, 3.63) is 88.5 Å². The lowest BCUT2D eigenvalue weighted by atomic mass is 10.1. The molecule has 148 valence electrons. The van der Waals surface area contributed by atoms with Crippen LogP contribution in [0.25, 0.3) is 0 Å². The Morgan fingerprint density at radius 2 is 1.34 bits per heavy atom. The molecule has 0 aliphatic heterocycles. The van der Waals surface area contributed by atoms with Crippen LogP contribution in [0, 0.1) is 31.3 Å². The highest BCUT2D eigenvalue weighted by atomic mass is 19.2. The van der Waals surface area contributed by atoms with E-state index < -0.39 is 35.0 Å². The molecule has 0 saturated heterocycles. The lowest BCUT2D eigenvalue weighted by molar-refractivity contribution is 0.101. The van der Waals surface area contributed by atoms with E-state index in [4.69, 9.17) is 0 Å². The minimum atomic E-state index is -1.70. The zero-order chi connectivity index (χ0) is 21.1. The van der Waals surface area contributed by atoms with Crippen molar-refractivity contribution in [3.8, 4) is 0 Å². The Hall–Kier alpha value is -3.68. The van der Waals surface area contributed by atoms with Crippen LogP contribution in [0.2, 0.25) is 0 Å². The summed E-state index contributed by atoms with van der Waals surface area (Å²) in [7, 11) is 0. The van der Waals surface area contributed by atoms with Crippen LogP contribution in [0.15, 0.2) is 48.5 Å². The number of benzene rings is 2. The van der Waals surface area contributed by atoms with Crippen molar-refractivity contribution in [2.24, 2.45) is 0 Å². The Morgan fingerprint density at radius 1 is 0.759 bits per heavy atom. The molecule has 29 heavy (non-hydrogen) atoms. The van der Waals surface area contributed by atoms with Gasteiger partial charge < -0.3 is 10.6 Å². The number of nitrogens with zero attached hydrogens (tertiary/aromatic N) is 1. The number of rotatable bonds is 4. The third kappa shape index (κ3) is 4.26. The van der Waals surface area contributed by atoms with Gasteiger partial charge in [0.25, 0.3) is 11.8 Å². The molecule has 0 spiro atoms. The number of hydrogen-bond donors (Lipinski definition) is 2. The molecule has 1 heterocycles. The fraction of sp³-hybridized carbons (Fsp3) is 0.0952. The standard InChI is InChI=1S/C21H16F3N3O2/c1-11-5-3-6-14(12(11)2)26-20(28)16-7-4-8-17(25-16)21(29)27-15-10-9-13(22)18(23)19(15)24/h3-10H,1-2H3,(H,26,28)(H,27,29). The molecule has 5 nitrogen and oxygen atoms in total. The summed E-state index contributed by atoms with van der Waals surface area (Å²) in [4.78, 5) is 28.8. The number of aryl methyl sites for hydroxylation is 1. The molecule has 0 aliphatic carbocycles. The average Bonchev–Trinajstić information content (AvgIpc) is 2.72. The molecule has 2 aromatic carbocycles. The van der Waals surface area contributed by atoms with Gasteiger partial charge >= 0.3 is 0 Å². The number of hydrogen-bond acceptors (Lipinski definition) is 3. The van der Waals surface area contributed by atoms with Crippen molar-refractivity contribution in [2.75, 3.05) is 10.6 Å². The predicted octanol–water partition coefficient (Wildman–Crippen LogP) is 4.62. The van der Waals surface area contributed by atoms with Crippen LogP contribution in [0.1, 0.15) is 32.1 Å². The van der Waals surface area contributed by atoms with Crippen LogP contribution >= 0.6 is 0 Å². The predicted molar refractivity (Wildman–Crippen MR) is 102 cm³/mol. The van der Waals surface area contributed by atoms with Gasteiger partial charge in [0.1, 0.15) is 11.4 Å². The summed E-state index contributed by atoms with van der Waals surface area (Å²) >= 11 is 0. The van der Waals surface area contributed by atoms with E-state index in [9.17, 15) is 22.8 Å². The number of anilines is 2. The van der Waals surface area contributed by atoms with Crippen molar-refractivity contribution in [3.63, 3.8) is 0 Å². The van der Waals surface area contributed by atoms with Gasteiger partial charge in [0.05, 0.1) is 5.69 Å². The number of amides is 2. The summed E-state index contributed by atoms with van der Waals surface area (Å²) < 4.78 is 40.1. The third-order valence-electron chi connectivity index (χ3n) is 4.35. The maximum absolute atomic E-state index is 13.7. The Labute approximate surface area is 164 Å². The molecule has 3 rings (SSSR count). The number of nitrogens with one attached hydrogen (secondary N) is 2. The minimum Gasteiger partial charge on any atom is -0.320 e. The molecule has 0 fully saturated rings. The molecule has 2 N–H and O–H groups in total. The van der Waals surface area contributed by atoms with Crippen LogP contribution in [0.3, 0.4) is 0 Å². The Bertz CT molecular complexity index is 1120. The first-order valence-corrected chi connectivity index (χ1v) is 8.57. The molecule has 2 amide bonds. The second-order valence-electron chi connectivity index (χ2n) is 6.29. The fourth-order valence-corrected chi connectivity index (χ4v) is 2.57. The number of halogens is 3. The lowest BCUT2D eigenvalue weighted by Crippen LogP contribution is -2.19. The number of pyridine rings is 1. The van der Waals surface area contributed by atoms with E-state index in [-0.39, 0.29) is 11.4 Å². The minimum absolute atomic E-state index is 0.0377. The van der Waals surface area contributed by atoms with Crippen LogP contribution in [0.5, 0.6) is 0 Å². The summed E-state index contributed by atoms with van der Waals surface area (Å²) in [5.41, 5.74) is 1.73. The highest BCUT2D eigenvalue weighted by Crippen LogP contribution is 2.21. The van der Waals surface area contributed by atoms with E-state index in [1.807, 2.05) is 19.9 Å². The van der Waals surface area contributed by atoms with Crippen molar-refractivity contribution >= 4 is 23.2 Å². The van der Waals surface area contributed by atoms with E-state index in [2.05, 4.69) is 15.6 Å². The van der Waals surface area contributed by atoms with Crippen LogP contribution in [-0.2, 0) is 0 Å². The smallest absolute Gasteiger partial charge is 0.274 e. The first kappa shape index (κ1) is 20.1. The molecule has 3 aromatic rings. The first-order valence-electron chi connectivity index (χ1n) is 8.57. The molecule has 0 radical (unpaired) electrons. The monoisotopic (exact) mass is 399 g/mol. The normalized spacial score (nSPS) is 10.5. The highest BCUT2D eigenvalue weighted by molar-refractivity contribution is 6.06. The maximum Gasteiger partial charge on any atom is 0.274 e. The lowest BCUT2D eigenvalue weighted by Gasteiger charge is -2.11. The van der Waals surface area contributed by atoms with E-state index in [0.29, 0.717) is 11.8 Å². The van der Waals surface area contributed by atoms with E-state index in [1.165, 1.54) is 18.2 Å². The SMILES string of the molecule is Cc1cccc(NC(=O)c2cccc(C(=O)Nc3ccc(F)c(F)c3F)n2)c1C. The molecule has 0 atom stereocenters. The molecule has 8 heteroatoms. The van der Waals surface area contributed by atoms with Gasteiger partial charge in [0.2, 0.25) is 0 Å². The molecule has 0 unspecified atom stereocenters. The van der Waals surface area contributed by atoms with Crippen LogP contribution < -0.4 is 10.6 Å². The van der Waals surface area contributed by atoms with E-state index >= 15 is 0 Å². The molecule has 0 saturated carbocycles. The van der Waals surface area contributed by atoms with Gasteiger partial charge in [-0.25, -0.2) is 18.2 Å². The van der Waals surface area contributed by atoms with Crippen molar-refractivity contribution in [2.45, 2.75) is 13.8 Å². The fourth-order valence-electron chi connectivity index (χ4n) is 2.57. The Morgan fingerprint density at radius 3 is 2.00 bits per heavy atom. The maximum atomic E-state index is 13.7. The number of carbonyl (C=O) groups is 2. The van der Waals surface area contributed by atoms with Gasteiger partial charge in [0.15, 0.2) is 17.5 Å². The highest BCUT2D eigenvalue weighted by Gasteiger charge is 2.18. The van der Waals surface area contributed by atoms with Crippen molar-refractivity contribution in [1.29, 1.82) is 0 Å². The van der Waals surface area contributed by atoms with Gasteiger partial charge in [-0.05, 0) is 55.3 Å². The van der Waals surface area contributed by atoms with Gasteiger partial charge in [-0.2, -0.15) is 0 Å². The van der Waals surface area contributed by atoms with Crippen molar-refractivity contribution < 1.29 is 22.8 Å². The molecule has 1 aromatic heterocycles. The van der Waals surface area contributed by atoms with Crippen LogP contribution in [-0.4, -0.2) is 16.8 Å². The van der Waals surface area contributed by atoms with Crippen molar-refractivity contribution in [1.82, 2.24) is 4.98 Å². The largest absolute Gasteiger partial charge is 0.320 e. The molecular weight excluding hydrogens is 383 g/mol. The van der Waals surface area contributed by atoms with Crippen LogP contribution in [0.4, 0.5) is 24.5 Å². The van der Waals surface area contributed by atoms with Gasteiger partial charge in [-0.1, -0.05) is 18.2 Å². The Balaban J connectivity index is 1.80. The molecular formula is C21H16F3N3O2. The second-order valence-corrected chi connectivity index (χ2v) is 6.29. The van der Waals surface area contributed by atoms with E-state index in [1.54, 1.807) is 12.1 Å². The third-order valence-corrected chi connectivity index (χ3v) is 4.35. The zero-order valence-corrected chi connectivity index (χ0v) is 15.5. The average molecular weight is 399 g/mol. The summed E-state index contributed by atoms with van der Waals surface area (Å²) in [5, 5.41) is 4.83. The summed E-state index contributed by atoms with van der Waals surface area (Å²) in [6, 6.07) is 11.2. The topological polar surface area (TPSA) is 71.1 Å². The second kappa shape index (κ2) is 8.14. The number of carbonyl (C=O) groups excluding carboxylic acids is 2. The zero-order valence-electron chi connectivity index (χ0n) is 15.5.